The molecule has 0 aromatic rings. The Kier molecular flexibility index (Phi) is 3.09. The number of allylic oxidation sites excluding steroid dienone is 2. The van der Waals surface area contributed by atoms with Crippen molar-refractivity contribution in [2.75, 3.05) is 6.54 Å². The van der Waals surface area contributed by atoms with Gasteiger partial charge in [-0.25, -0.2) is 0 Å². The predicted molar refractivity (Wildman–Crippen MR) is 53.2 cm³/mol. The molecule has 0 saturated carbocycles. The monoisotopic (exact) mass is 164 g/mol. The van der Waals surface area contributed by atoms with Crippen molar-refractivity contribution in [3.8, 4) is 0 Å². The summed E-state index contributed by atoms with van der Waals surface area (Å²) >= 11 is 0. The van der Waals surface area contributed by atoms with E-state index in [-0.39, 0.29) is 0 Å². The second-order valence-electron chi connectivity index (χ2n) is 2.84. The van der Waals surface area contributed by atoms with Gasteiger partial charge in [-0.2, -0.15) is 0 Å². The van der Waals surface area contributed by atoms with E-state index in [1.54, 1.807) is 0 Å². The number of rotatable bonds is 2. The summed E-state index contributed by atoms with van der Waals surface area (Å²) in [7, 11) is 0. The summed E-state index contributed by atoms with van der Waals surface area (Å²) < 4.78 is 0. The molecule has 0 atom stereocenters. The van der Waals surface area contributed by atoms with Gasteiger partial charge in [0.05, 0.1) is 0 Å². The van der Waals surface area contributed by atoms with E-state index in [1.165, 1.54) is 11.3 Å². The number of hydrogen-bond donors (Lipinski definition) is 1. The van der Waals surface area contributed by atoms with Gasteiger partial charge in [-0.15, -0.1) is 0 Å². The van der Waals surface area contributed by atoms with Gasteiger partial charge in [-0.05, 0) is 26.3 Å². The van der Waals surface area contributed by atoms with E-state index in [4.69, 9.17) is 0 Å². The largest absolute Gasteiger partial charge is 0.344 e. The highest BCUT2D eigenvalue weighted by atomic mass is 15.0. The smallest absolute Gasteiger partial charge is 0.132 e. The quantitative estimate of drug-likeness (QED) is 0.665. The molecule has 0 aromatic carbocycles. The van der Waals surface area contributed by atoms with Gasteiger partial charge >= 0.3 is 0 Å². The van der Waals surface area contributed by atoms with Crippen molar-refractivity contribution in [3.63, 3.8) is 0 Å². The number of hydrogen-bond acceptors (Lipinski definition) is 1. The highest BCUT2D eigenvalue weighted by molar-refractivity contribution is 6.04. The van der Waals surface area contributed by atoms with Crippen LogP contribution in [-0.2, 0) is 0 Å². The molecule has 1 aliphatic rings. The first-order valence-electron chi connectivity index (χ1n) is 4.48. The molecule has 0 unspecified atom stereocenters. The maximum absolute atomic E-state index is 4.36. The predicted octanol–water partition coefficient (Wildman–Crippen LogP) is 2.25. The van der Waals surface area contributed by atoms with Crippen LogP contribution >= 0.6 is 0 Å². The molecule has 0 saturated heterocycles. The Morgan fingerprint density at radius 2 is 2.25 bits per heavy atom. The zero-order valence-electron chi connectivity index (χ0n) is 8.02. The summed E-state index contributed by atoms with van der Waals surface area (Å²) in [5, 5.41) is 3.23. The lowest BCUT2D eigenvalue weighted by Gasteiger charge is -2.00. The topological polar surface area (TPSA) is 24.4 Å². The maximum atomic E-state index is 4.36. The normalized spacial score (nSPS) is 23.1. The first-order valence-corrected chi connectivity index (χ1v) is 4.48. The number of aliphatic imine (C=N–C) groups is 1. The standard InChI is InChI=1S/C10H16N2/c1-4-6-9-7-8(3)12-10(9)11-5-2/h6-7H,4-5H2,1-3H3,(H,11,12)/b9-6-. The third-order valence-corrected chi connectivity index (χ3v) is 1.70. The fourth-order valence-corrected chi connectivity index (χ4v) is 1.26. The molecule has 0 fully saturated rings. The maximum Gasteiger partial charge on any atom is 0.132 e. The van der Waals surface area contributed by atoms with E-state index in [9.17, 15) is 0 Å². The average Bonchev–Trinajstić information content (AvgIpc) is 2.33. The van der Waals surface area contributed by atoms with Crippen LogP contribution in [0.15, 0.2) is 28.4 Å². The average molecular weight is 164 g/mol. The Morgan fingerprint density at radius 3 is 2.83 bits per heavy atom. The molecule has 66 valence electrons. The Morgan fingerprint density at radius 1 is 1.50 bits per heavy atom. The second-order valence-corrected chi connectivity index (χ2v) is 2.84. The highest BCUT2D eigenvalue weighted by Crippen LogP contribution is 2.11. The van der Waals surface area contributed by atoms with Gasteiger partial charge in [0.1, 0.15) is 5.84 Å². The van der Waals surface area contributed by atoms with E-state index >= 15 is 0 Å². The Balaban J connectivity index is 2.82. The lowest BCUT2D eigenvalue weighted by atomic mass is 10.2. The van der Waals surface area contributed by atoms with E-state index in [1.807, 2.05) is 6.92 Å². The van der Waals surface area contributed by atoms with Crippen molar-refractivity contribution in [3.05, 3.63) is 23.4 Å². The molecule has 0 aromatic heterocycles. The summed E-state index contributed by atoms with van der Waals surface area (Å²) in [5.41, 5.74) is 2.42. The number of amidine groups is 1. The van der Waals surface area contributed by atoms with Crippen LogP contribution < -0.4 is 5.32 Å². The first-order chi connectivity index (χ1) is 5.77. The molecule has 1 aliphatic heterocycles. The van der Waals surface area contributed by atoms with Gasteiger partial charge in [0.25, 0.3) is 0 Å². The van der Waals surface area contributed by atoms with Crippen LogP contribution in [0, 0.1) is 0 Å². The summed E-state index contributed by atoms with van der Waals surface area (Å²) in [6.07, 6.45) is 5.39. The van der Waals surface area contributed by atoms with Gasteiger partial charge in [0, 0.05) is 17.8 Å². The van der Waals surface area contributed by atoms with Gasteiger partial charge in [0.2, 0.25) is 0 Å². The van der Waals surface area contributed by atoms with Crippen LogP contribution in [-0.4, -0.2) is 12.4 Å². The highest BCUT2D eigenvalue weighted by Gasteiger charge is 2.10. The Hall–Kier alpha value is -1.05. The van der Waals surface area contributed by atoms with Crippen molar-refractivity contribution in [1.29, 1.82) is 0 Å². The molecule has 2 nitrogen and oxygen atoms in total. The minimum Gasteiger partial charge on any atom is -0.344 e. The molecule has 0 aliphatic carbocycles. The number of nitrogens with one attached hydrogen (secondary N) is 1. The van der Waals surface area contributed by atoms with Crippen LogP contribution in [0.5, 0.6) is 0 Å². The van der Waals surface area contributed by atoms with E-state index in [0.717, 1.165) is 18.8 Å². The minimum absolute atomic E-state index is 0.838. The molecule has 1 heterocycles. The van der Waals surface area contributed by atoms with Gasteiger partial charge in [-0.1, -0.05) is 13.0 Å². The molecule has 1 rings (SSSR count). The summed E-state index contributed by atoms with van der Waals surface area (Å²) in [5.74, 6) is 1.02. The molecule has 12 heavy (non-hydrogen) atoms. The zero-order chi connectivity index (χ0) is 8.97. The van der Waals surface area contributed by atoms with Crippen LogP contribution in [0.3, 0.4) is 0 Å². The van der Waals surface area contributed by atoms with Crippen molar-refractivity contribution < 1.29 is 0 Å². The second kappa shape index (κ2) is 4.10. The van der Waals surface area contributed by atoms with Crippen molar-refractivity contribution in [2.45, 2.75) is 27.2 Å². The van der Waals surface area contributed by atoms with E-state index in [0.29, 0.717) is 0 Å². The zero-order valence-corrected chi connectivity index (χ0v) is 8.02. The van der Waals surface area contributed by atoms with Gasteiger partial charge in [-0.3, -0.25) is 4.99 Å². The first kappa shape index (κ1) is 9.04. The van der Waals surface area contributed by atoms with Gasteiger partial charge in [0.15, 0.2) is 0 Å². The Bertz CT molecular complexity index is 247. The van der Waals surface area contributed by atoms with Crippen LogP contribution in [0.1, 0.15) is 27.2 Å². The fourth-order valence-electron chi connectivity index (χ4n) is 1.26. The molecule has 0 bridgehead atoms. The van der Waals surface area contributed by atoms with Crippen molar-refractivity contribution in [1.82, 2.24) is 5.32 Å². The molecular formula is C10H16N2. The fraction of sp³-hybridized carbons (Fsp3) is 0.500. The molecule has 1 N–H and O–H groups in total. The third-order valence-electron chi connectivity index (χ3n) is 1.70. The molecule has 0 radical (unpaired) electrons. The van der Waals surface area contributed by atoms with Gasteiger partial charge < -0.3 is 5.32 Å². The summed E-state index contributed by atoms with van der Waals surface area (Å²) in [6, 6.07) is 0. The third kappa shape index (κ3) is 1.97. The van der Waals surface area contributed by atoms with Crippen molar-refractivity contribution >= 4 is 5.84 Å². The van der Waals surface area contributed by atoms with Crippen LogP contribution in [0.2, 0.25) is 0 Å². The lowest BCUT2D eigenvalue weighted by molar-refractivity contribution is 1.07. The summed E-state index contributed by atoms with van der Waals surface area (Å²) in [6.45, 7) is 7.08. The summed E-state index contributed by atoms with van der Waals surface area (Å²) in [4.78, 5) is 4.36. The van der Waals surface area contributed by atoms with Crippen LogP contribution in [0.4, 0.5) is 0 Å². The molecule has 2 heteroatoms. The molecule has 0 spiro atoms. The van der Waals surface area contributed by atoms with Crippen LogP contribution in [0.25, 0.3) is 0 Å². The van der Waals surface area contributed by atoms with Crippen molar-refractivity contribution in [2.24, 2.45) is 4.99 Å². The Labute approximate surface area is 74.1 Å². The molecule has 0 amide bonds. The van der Waals surface area contributed by atoms with E-state index in [2.05, 4.69) is 36.3 Å². The lowest BCUT2D eigenvalue weighted by Crippen LogP contribution is -2.16. The molecular weight excluding hydrogens is 148 g/mol. The minimum atomic E-state index is 0.838. The van der Waals surface area contributed by atoms with E-state index < -0.39 is 0 Å². The SMILES string of the molecule is CC/C=C1/C=C(C)N/C1=N/CC. The number of nitrogens with zero attached hydrogens (tertiary/aromatic N) is 1.